The van der Waals surface area contributed by atoms with E-state index in [0.29, 0.717) is 18.5 Å². The normalized spacial score (nSPS) is 10.8. The number of benzene rings is 1. The number of nitrogens with two attached hydrogens (primary N) is 1. The molecular formula is C13H19Cl3N2O2. The van der Waals surface area contributed by atoms with Crippen molar-refractivity contribution >= 4 is 47.2 Å². The molecule has 0 aliphatic carbocycles. The fourth-order valence-electron chi connectivity index (χ4n) is 1.85. The third kappa shape index (κ3) is 3.92. The van der Waals surface area contributed by atoms with E-state index in [-0.39, 0.29) is 40.7 Å². The lowest BCUT2D eigenvalue weighted by Crippen LogP contribution is -2.41. The molecule has 4 nitrogen and oxygen atoms in total. The zero-order valence-corrected chi connectivity index (χ0v) is 13.7. The van der Waals surface area contributed by atoms with E-state index in [1.54, 1.807) is 0 Å². The van der Waals surface area contributed by atoms with Gasteiger partial charge in [-0.25, -0.2) is 0 Å². The van der Waals surface area contributed by atoms with Crippen LogP contribution in [0, 0.1) is 5.41 Å². The van der Waals surface area contributed by atoms with Crippen LogP contribution in [0.4, 0.5) is 5.69 Å². The first kappa shape index (κ1) is 19.3. The maximum atomic E-state index is 12.3. The zero-order valence-electron chi connectivity index (χ0n) is 11.4. The lowest BCUT2D eigenvalue weighted by atomic mass is 9.81. The largest absolute Gasteiger partial charge is 0.505 e. The zero-order chi connectivity index (χ0) is 14.6. The van der Waals surface area contributed by atoms with Crippen LogP contribution < -0.4 is 11.1 Å². The van der Waals surface area contributed by atoms with Gasteiger partial charge in [0.25, 0.3) is 0 Å². The van der Waals surface area contributed by atoms with Gasteiger partial charge in [0.2, 0.25) is 5.91 Å². The van der Waals surface area contributed by atoms with Crippen molar-refractivity contribution in [2.75, 3.05) is 11.9 Å². The number of nitrogens with one attached hydrogen (secondary N) is 1. The van der Waals surface area contributed by atoms with Gasteiger partial charge in [-0.05, 0) is 25.0 Å². The molecule has 0 aliphatic heterocycles. The molecule has 1 rings (SSSR count). The smallest absolute Gasteiger partial charge is 0.231 e. The van der Waals surface area contributed by atoms with Crippen molar-refractivity contribution in [2.24, 2.45) is 11.1 Å². The minimum absolute atomic E-state index is 0. The van der Waals surface area contributed by atoms with Crippen LogP contribution in [0.2, 0.25) is 10.0 Å². The summed E-state index contributed by atoms with van der Waals surface area (Å²) in [6.07, 6.45) is 1.29. The van der Waals surface area contributed by atoms with Crippen molar-refractivity contribution in [3.8, 4) is 5.75 Å². The number of hydrogen-bond acceptors (Lipinski definition) is 3. The third-order valence-corrected chi connectivity index (χ3v) is 4.08. The Morgan fingerprint density at radius 3 is 2.10 bits per heavy atom. The Bertz CT molecular complexity index is 445. The molecule has 0 atom stereocenters. The molecule has 0 saturated heterocycles. The Labute approximate surface area is 135 Å². The second-order valence-electron chi connectivity index (χ2n) is 4.43. The molecule has 0 heterocycles. The van der Waals surface area contributed by atoms with Crippen molar-refractivity contribution in [3.05, 3.63) is 22.2 Å². The van der Waals surface area contributed by atoms with Crippen LogP contribution in [0.1, 0.15) is 26.7 Å². The summed E-state index contributed by atoms with van der Waals surface area (Å²) in [6, 6.07) is 2.90. The predicted octanol–water partition coefficient (Wildman–Crippen LogP) is 3.82. The molecule has 0 radical (unpaired) electrons. The van der Waals surface area contributed by atoms with Gasteiger partial charge in [-0.15, -0.1) is 12.4 Å². The lowest BCUT2D eigenvalue weighted by molar-refractivity contribution is -0.125. The van der Waals surface area contributed by atoms with Gasteiger partial charge in [-0.2, -0.15) is 0 Å². The minimum atomic E-state index is -0.600. The van der Waals surface area contributed by atoms with Crippen molar-refractivity contribution in [2.45, 2.75) is 26.7 Å². The van der Waals surface area contributed by atoms with Gasteiger partial charge < -0.3 is 16.2 Å². The molecule has 0 saturated carbocycles. The van der Waals surface area contributed by atoms with Gasteiger partial charge in [-0.3, -0.25) is 4.79 Å². The number of phenols is 1. The van der Waals surface area contributed by atoms with Crippen molar-refractivity contribution in [1.82, 2.24) is 0 Å². The van der Waals surface area contributed by atoms with E-state index in [1.165, 1.54) is 12.1 Å². The second kappa shape index (κ2) is 7.93. The minimum Gasteiger partial charge on any atom is -0.505 e. The lowest BCUT2D eigenvalue weighted by Gasteiger charge is -2.28. The SMILES string of the molecule is CCC(CC)(CN)C(=O)Nc1cc(Cl)c(O)c(Cl)c1.Cl. The molecule has 114 valence electrons. The third-order valence-electron chi connectivity index (χ3n) is 3.50. The number of anilines is 1. The number of rotatable bonds is 5. The first-order valence-corrected chi connectivity index (χ1v) is 6.85. The predicted molar refractivity (Wildman–Crippen MR) is 86.1 cm³/mol. The van der Waals surface area contributed by atoms with Gasteiger partial charge in [0, 0.05) is 12.2 Å². The van der Waals surface area contributed by atoms with Gasteiger partial charge in [0.05, 0.1) is 15.5 Å². The number of carbonyl (C=O) groups is 1. The highest BCUT2D eigenvalue weighted by Crippen LogP contribution is 2.35. The molecule has 1 aromatic carbocycles. The molecule has 0 bridgehead atoms. The topological polar surface area (TPSA) is 75.4 Å². The highest BCUT2D eigenvalue weighted by molar-refractivity contribution is 6.37. The molecule has 0 unspecified atom stereocenters. The van der Waals surface area contributed by atoms with Crippen LogP contribution in [0.3, 0.4) is 0 Å². The van der Waals surface area contributed by atoms with E-state index in [0.717, 1.165) is 0 Å². The number of aromatic hydroxyl groups is 1. The van der Waals surface area contributed by atoms with E-state index >= 15 is 0 Å². The van der Waals surface area contributed by atoms with E-state index in [9.17, 15) is 9.90 Å². The number of hydrogen-bond donors (Lipinski definition) is 3. The second-order valence-corrected chi connectivity index (χ2v) is 5.25. The summed E-state index contributed by atoms with van der Waals surface area (Å²) < 4.78 is 0. The van der Waals surface area contributed by atoms with Crippen LogP contribution in [-0.4, -0.2) is 17.6 Å². The van der Waals surface area contributed by atoms with Gasteiger partial charge in [0.1, 0.15) is 0 Å². The number of phenolic OH excluding ortho intramolecular Hbond substituents is 1. The van der Waals surface area contributed by atoms with Crippen LogP contribution >= 0.6 is 35.6 Å². The average molecular weight is 342 g/mol. The Morgan fingerprint density at radius 2 is 1.75 bits per heavy atom. The van der Waals surface area contributed by atoms with E-state index in [2.05, 4.69) is 5.32 Å². The molecular weight excluding hydrogens is 323 g/mol. The maximum Gasteiger partial charge on any atom is 0.231 e. The van der Waals surface area contributed by atoms with Crippen molar-refractivity contribution in [1.29, 1.82) is 0 Å². The van der Waals surface area contributed by atoms with Crippen LogP contribution in [0.5, 0.6) is 5.75 Å². The Morgan fingerprint density at radius 1 is 1.30 bits per heavy atom. The molecule has 4 N–H and O–H groups in total. The molecule has 0 fully saturated rings. The molecule has 1 amide bonds. The first-order valence-electron chi connectivity index (χ1n) is 6.09. The molecule has 20 heavy (non-hydrogen) atoms. The van der Waals surface area contributed by atoms with Crippen molar-refractivity contribution in [3.63, 3.8) is 0 Å². The van der Waals surface area contributed by atoms with Crippen LogP contribution in [0.15, 0.2) is 12.1 Å². The van der Waals surface area contributed by atoms with Gasteiger partial charge >= 0.3 is 0 Å². The first-order chi connectivity index (χ1) is 8.90. The number of amides is 1. The van der Waals surface area contributed by atoms with E-state index in [4.69, 9.17) is 28.9 Å². The molecule has 0 aliphatic rings. The van der Waals surface area contributed by atoms with E-state index in [1.807, 2.05) is 13.8 Å². The number of halogens is 3. The van der Waals surface area contributed by atoms with Crippen LogP contribution in [0.25, 0.3) is 0 Å². The Balaban J connectivity index is 0.00000361. The molecule has 0 aromatic heterocycles. The maximum absolute atomic E-state index is 12.3. The monoisotopic (exact) mass is 340 g/mol. The van der Waals surface area contributed by atoms with Crippen molar-refractivity contribution < 1.29 is 9.90 Å². The Kier molecular flexibility index (Phi) is 7.66. The average Bonchev–Trinajstić information content (AvgIpc) is 2.38. The fourth-order valence-corrected chi connectivity index (χ4v) is 2.34. The summed E-state index contributed by atoms with van der Waals surface area (Å²) in [6.45, 7) is 4.12. The summed E-state index contributed by atoms with van der Waals surface area (Å²) in [5, 5.41) is 12.4. The number of carbonyl (C=O) groups excluding carboxylic acids is 1. The summed E-state index contributed by atoms with van der Waals surface area (Å²) >= 11 is 11.6. The summed E-state index contributed by atoms with van der Waals surface area (Å²) in [5.74, 6) is -0.366. The summed E-state index contributed by atoms with van der Waals surface area (Å²) in [7, 11) is 0. The highest BCUT2D eigenvalue weighted by atomic mass is 35.5. The Hall–Kier alpha value is -0.680. The van der Waals surface area contributed by atoms with Crippen LogP contribution in [-0.2, 0) is 4.79 Å². The summed E-state index contributed by atoms with van der Waals surface area (Å²) in [4.78, 5) is 12.3. The quantitative estimate of drug-likeness (QED) is 0.713. The van der Waals surface area contributed by atoms with E-state index < -0.39 is 5.41 Å². The fraction of sp³-hybridized carbons (Fsp3) is 0.462. The molecule has 7 heteroatoms. The highest BCUT2D eigenvalue weighted by Gasteiger charge is 2.33. The molecule has 1 aromatic rings. The van der Waals surface area contributed by atoms with Gasteiger partial charge in [0.15, 0.2) is 5.75 Å². The standard InChI is InChI=1S/C13H18Cl2N2O2.ClH/c1-3-13(4-2,7-16)12(19)17-8-5-9(14)11(18)10(15)6-8;/h5-6,18H,3-4,7,16H2,1-2H3,(H,17,19);1H. The van der Waals surface area contributed by atoms with Gasteiger partial charge in [-0.1, -0.05) is 37.0 Å². The summed E-state index contributed by atoms with van der Waals surface area (Å²) in [5.41, 5.74) is 5.56. The molecule has 0 spiro atoms.